The predicted molar refractivity (Wildman–Crippen MR) is 91.9 cm³/mol. The molecular formula is C18H14N6O. The van der Waals surface area contributed by atoms with Crippen molar-refractivity contribution in [2.24, 2.45) is 0 Å². The number of rotatable bonds is 5. The summed E-state index contributed by atoms with van der Waals surface area (Å²) in [5.41, 5.74) is 2.25. The summed E-state index contributed by atoms with van der Waals surface area (Å²) in [7, 11) is 0. The Balaban J connectivity index is 1.61. The minimum atomic E-state index is -0.323. The van der Waals surface area contributed by atoms with Crippen molar-refractivity contribution >= 4 is 17.4 Å². The first kappa shape index (κ1) is 16.1. The van der Waals surface area contributed by atoms with Gasteiger partial charge in [0, 0.05) is 11.9 Å². The topological polar surface area (TPSA) is 104 Å². The minimum Gasteiger partial charge on any atom is -0.345 e. The Morgan fingerprint density at radius 3 is 2.72 bits per heavy atom. The Kier molecular flexibility index (Phi) is 4.93. The second kappa shape index (κ2) is 7.66. The van der Waals surface area contributed by atoms with Crippen LogP contribution in [-0.4, -0.2) is 21.1 Å². The first-order valence-corrected chi connectivity index (χ1v) is 7.53. The maximum atomic E-state index is 12.1. The highest BCUT2D eigenvalue weighted by molar-refractivity contribution is 5.92. The number of aromatic nitrogens is 3. The lowest BCUT2D eigenvalue weighted by atomic mass is 10.2. The normalized spacial score (nSPS) is 9.88. The number of amides is 1. The van der Waals surface area contributed by atoms with Crippen molar-refractivity contribution in [2.75, 3.05) is 5.32 Å². The average molecular weight is 330 g/mol. The molecule has 25 heavy (non-hydrogen) atoms. The molecule has 1 aromatic carbocycles. The van der Waals surface area contributed by atoms with Crippen LogP contribution in [0.2, 0.25) is 0 Å². The first-order valence-electron chi connectivity index (χ1n) is 7.53. The van der Waals surface area contributed by atoms with Crippen LogP contribution < -0.4 is 10.6 Å². The van der Waals surface area contributed by atoms with Crippen molar-refractivity contribution in [2.45, 2.75) is 6.54 Å². The Labute approximate surface area is 144 Å². The van der Waals surface area contributed by atoms with Crippen LogP contribution in [-0.2, 0) is 6.54 Å². The predicted octanol–water partition coefficient (Wildman–Crippen LogP) is 2.42. The van der Waals surface area contributed by atoms with Crippen molar-refractivity contribution in [3.05, 3.63) is 77.7 Å². The summed E-state index contributed by atoms with van der Waals surface area (Å²) in [5, 5.41) is 22.6. The molecule has 0 saturated heterocycles. The van der Waals surface area contributed by atoms with E-state index in [0.29, 0.717) is 17.9 Å². The van der Waals surface area contributed by atoms with E-state index >= 15 is 0 Å². The van der Waals surface area contributed by atoms with Gasteiger partial charge in [0.2, 0.25) is 0 Å². The molecule has 7 nitrogen and oxygen atoms in total. The molecule has 0 fully saturated rings. The van der Waals surface area contributed by atoms with Crippen LogP contribution in [0.5, 0.6) is 0 Å². The lowest BCUT2D eigenvalue weighted by molar-refractivity contribution is 0.0944. The molecule has 0 aliphatic rings. The van der Waals surface area contributed by atoms with Crippen molar-refractivity contribution in [3.8, 4) is 6.07 Å². The molecule has 1 amide bonds. The van der Waals surface area contributed by atoms with Gasteiger partial charge in [0.05, 0.1) is 23.9 Å². The highest BCUT2D eigenvalue weighted by Gasteiger charge is 2.08. The van der Waals surface area contributed by atoms with Gasteiger partial charge >= 0.3 is 0 Å². The number of benzene rings is 1. The van der Waals surface area contributed by atoms with Crippen LogP contribution in [0.15, 0.2) is 60.8 Å². The molecule has 2 heterocycles. The Hall–Kier alpha value is -3.79. The maximum Gasteiger partial charge on any atom is 0.272 e. The van der Waals surface area contributed by atoms with Crippen molar-refractivity contribution in [3.63, 3.8) is 0 Å². The van der Waals surface area contributed by atoms with Crippen molar-refractivity contribution in [1.29, 1.82) is 5.26 Å². The van der Waals surface area contributed by atoms with Crippen LogP contribution in [0, 0.1) is 11.3 Å². The smallest absolute Gasteiger partial charge is 0.272 e. The highest BCUT2D eigenvalue weighted by Crippen LogP contribution is 2.15. The van der Waals surface area contributed by atoms with E-state index in [1.165, 1.54) is 0 Å². The molecule has 0 aliphatic heterocycles. The van der Waals surface area contributed by atoms with E-state index in [-0.39, 0.29) is 11.6 Å². The van der Waals surface area contributed by atoms with Crippen LogP contribution in [0.1, 0.15) is 21.7 Å². The standard InChI is InChI=1S/C18H14N6O/c19-11-13-4-3-6-14(10-13)22-17-8-7-16(23-24-17)18(25)21-12-15-5-1-2-9-20-15/h1-10H,12H2,(H,21,25)(H,22,24). The molecule has 122 valence electrons. The number of anilines is 2. The zero-order valence-electron chi connectivity index (χ0n) is 13.2. The summed E-state index contributed by atoms with van der Waals surface area (Å²) >= 11 is 0. The molecule has 0 unspecified atom stereocenters. The quantitative estimate of drug-likeness (QED) is 0.744. The number of carbonyl (C=O) groups excluding carboxylic acids is 1. The number of pyridine rings is 1. The number of hydrogen-bond donors (Lipinski definition) is 2. The molecule has 0 spiro atoms. The summed E-state index contributed by atoms with van der Waals surface area (Å²) < 4.78 is 0. The zero-order chi connectivity index (χ0) is 17.5. The van der Waals surface area contributed by atoms with E-state index in [0.717, 1.165) is 11.4 Å². The third-order valence-electron chi connectivity index (χ3n) is 3.32. The number of nitrogens with zero attached hydrogens (tertiary/aromatic N) is 4. The summed E-state index contributed by atoms with van der Waals surface area (Å²) in [4.78, 5) is 16.2. The average Bonchev–Trinajstić information content (AvgIpc) is 2.67. The molecule has 0 bridgehead atoms. The van der Waals surface area contributed by atoms with E-state index in [1.807, 2.05) is 24.3 Å². The number of carbonyl (C=O) groups is 1. The van der Waals surface area contributed by atoms with Gasteiger partial charge in [-0.15, -0.1) is 10.2 Å². The third kappa shape index (κ3) is 4.36. The largest absolute Gasteiger partial charge is 0.345 e. The van der Waals surface area contributed by atoms with E-state index in [4.69, 9.17) is 5.26 Å². The SMILES string of the molecule is N#Cc1cccc(Nc2ccc(C(=O)NCc3ccccn3)nn2)c1. The fraction of sp³-hybridized carbons (Fsp3) is 0.0556. The van der Waals surface area contributed by atoms with Gasteiger partial charge in [-0.25, -0.2) is 0 Å². The number of hydrogen-bond acceptors (Lipinski definition) is 6. The fourth-order valence-corrected chi connectivity index (χ4v) is 2.10. The molecule has 0 atom stereocenters. The van der Waals surface area contributed by atoms with E-state index < -0.39 is 0 Å². The highest BCUT2D eigenvalue weighted by atomic mass is 16.1. The third-order valence-corrected chi connectivity index (χ3v) is 3.32. The Bertz CT molecular complexity index is 903. The molecule has 0 radical (unpaired) electrons. The summed E-state index contributed by atoms with van der Waals surface area (Å²) in [6.07, 6.45) is 1.67. The second-order valence-electron chi connectivity index (χ2n) is 5.13. The van der Waals surface area contributed by atoms with Gasteiger partial charge in [-0.05, 0) is 42.5 Å². The zero-order valence-corrected chi connectivity index (χ0v) is 13.2. The molecule has 3 aromatic rings. The van der Waals surface area contributed by atoms with Crippen LogP contribution in [0.3, 0.4) is 0 Å². The van der Waals surface area contributed by atoms with E-state index in [9.17, 15) is 4.79 Å². The monoisotopic (exact) mass is 330 g/mol. The number of nitrogens with one attached hydrogen (secondary N) is 2. The van der Waals surface area contributed by atoms with Gasteiger partial charge < -0.3 is 10.6 Å². The molecule has 2 aromatic heterocycles. The molecule has 0 aliphatic carbocycles. The van der Waals surface area contributed by atoms with Crippen molar-refractivity contribution < 1.29 is 4.79 Å². The van der Waals surface area contributed by atoms with Gasteiger partial charge in [-0.2, -0.15) is 5.26 Å². The fourth-order valence-electron chi connectivity index (χ4n) is 2.10. The molecular weight excluding hydrogens is 316 g/mol. The summed E-state index contributed by atoms with van der Waals surface area (Å²) in [5.74, 6) is 0.160. The molecule has 3 rings (SSSR count). The second-order valence-corrected chi connectivity index (χ2v) is 5.13. The van der Waals surface area contributed by atoms with Gasteiger partial charge in [-0.3, -0.25) is 9.78 Å². The van der Waals surface area contributed by atoms with Gasteiger partial charge in [0.25, 0.3) is 5.91 Å². The first-order chi connectivity index (χ1) is 12.2. The molecule has 2 N–H and O–H groups in total. The summed E-state index contributed by atoms with van der Waals surface area (Å²) in [6.45, 7) is 0.322. The van der Waals surface area contributed by atoms with Gasteiger partial charge in [0.1, 0.15) is 0 Å². The van der Waals surface area contributed by atoms with Crippen LogP contribution in [0.4, 0.5) is 11.5 Å². The van der Waals surface area contributed by atoms with Crippen LogP contribution >= 0.6 is 0 Å². The van der Waals surface area contributed by atoms with Crippen LogP contribution in [0.25, 0.3) is 0 Å². The molecule has 0 saturated carbocycles. The van der Waals surface area contributed by atoms with E-state index in [1.54, 1.807) is 36.5 Å². The number of nitriles is 1. The Morgan fingerprint density at radius 1 is 1.08 bits per heavy atom. The van der Waals surface area contributed by atoms with Gasteiger partial charge in [-0.1, -0.05) is 12.1 Å². The minimum absolute atomic E-state index is 0.215. The Morgan fingerprint density at radius 2 is 2.00 bits per heavy atom. The van der Waals surface area contributed by atoms with Gasteiger partial charge in [0.15, 0.2) is 11.5 Å². The summed E-state index contributed by atoms with van der Waals surface area (Å²) in [6, 6.07) is 17.8. The maximum absolute atomic E-state index is 12.1. The van der Waals surface area contributed by atoms with E-state index in [2.05, 4.69) is 31.9 Å². The molecule has 7 heteroatoms. The lowest BCUT2D eigenvalue weighted by Crippen LogP contribution is -2.24. The van der Waals surface area contributed by atoms with Crippen molar-refractivity contribution in [1.82, 2.24) is 20.5 Å². The lowest BCUT2D eigenvalue weighted by Gasteiger charge is -2.06.